The van der Waals surface area contributed by atoms with Crippen LogP contribution in [-0.4, -0.2) is 48.3 Å². The van der Waals surface area contributed by atoms with Gasteiger partial charge in [0, 0.05) is 19.6 Å². The Morgan fingerprint density at radius 3 is 2.35 bits per heavy atom. The molecule has 2 aliphatic heterocycles. The number of nitrogens with one attached hydrogen (secondary N) is 1. The first-order valence-corrected chi connectivity index (χ1v) is 12.1. The lowest BCUT2D eigenvalue weighted by atomic mass is 9.96. The summed E-state index contributed by atoms with van der Waals surface area (Å²) in [6.07, 6.45) is 0.871. The number of hydrogen-bond donors (Lipinski definition) is 1. The van der Waals surface area contributed by atoms with Crippen LogP contribution in [0.4, 0.5) is 4.39 Å². The van der Waals surface area contributed by atoms with Gasteiger partial charge in [0.2, 0.25) is 15.9 Å². The molecular weight excluding hydrogens is 464 g/mol. The highest BCUT2D eigenvalue weighted by Crippen LogP contribution is 2.36. The van der Waals surface area contributed by atoms with Gasteiger partial charge in [0.25, 0.3) is 0 Å². The minimum atomic E-state index is -3.74. The summed E-state index contributed by atoms with van der Waals surface area (Å²) in [5, 5.41) is 3.84. The van der Waals surface area contributed by atoms with Gasteiger partial charge < -0.3 is 4.90 Å². The van der Waals surface area contributed by atoms with Crippen LogP contribution in [0.3, 0.4) is 0 Å². The van der Waals surface area contributed by atoms with Gasteiger partial charge in [0.1, 0.15) is 5.82 Å². The molecule has 2 fully saturated rings. The number of carbonyl (C=O) groups is 1. The van der Waals surface area contributed by atoms with Crippen LogP contribution in [0.1, 0.15) is 25.3 Å². The predicted molar refractivity (Wildman–Crippen MR) is 117 cm³/mol. The van der Waals surface area contributed by atoms with E-state index in [0.717, 1.165) is 5.56 Å². The topological polar surface area (TPSA) is 69.7 Å². The van der Waals surface area contributed by atoms with Crippen LogP contribution < -0.4 is 5.32 Å². The summed E-state index contributed by atoms with van der Waals surface area (Å²) in [5.74, 6) is -0.386. The molecule has 2 aliphatic rings. The molecule has 166 valence electrons. The van der Waals surface area contributed by atoms with E-state index >= 15 is 0 Å². The van der Waals surface area contributed by atoms with Crippen molar-refractivity contribution >= 4 is 39.1 Å². The Balaban J connectivity index is 1.54. The first-order valence-electron chi connectivity index (χ1n) is 9.91. The van der Waals surface area contributed by atoms with Gasteiger partial charge >= 0.3 is 0 Å². The number of piperidine rings is 1. The molecule has 2 aromatic rings. The second-order valence-electron chi connectivity index (χ2n) is 7.93. The molecule has 2 heterocycles. The van der Waals surface area contributed by atoms with Gasteiger partial charge in [-0.05, 0) is 55.7 Å². The zero-order valence-electron chi connectivity index (χ0n) is 16.8. The summed E-state index contributed by atoms with van der Waals surface area (Å²) in [4.78, 5) is 14.7. The van der Waals surface area contributed by atoms with Crippen molar-refractivity contribution in [3.05, 3.63) is 63.9 Å². The Hall–Kier alpha value is -1.71. The second-order valence-corrected chi connectivity index (χ2v) is 10.7. The smallest absolute Gasteiger partial charge is 0.243 e. The summed E-state index contributed by atoms with van der Waals surface area (Å²) < 4.78 is 40.8. The van der Waals surface area contributed by atoms with Crippen LogP contribution in [0.15, 0.2) is 47.4 Å². The molecule has 0 unspecified atom stereocenters. The lowest BCUT2D eigenvalue weighted by molar-refractivity contribution is -0.133. The van der Waals surface area contributed by atoms with Crippen molar-refractivity contribution < 1.29 is 17.6 Å². The molecule has 0 aliphatic carbocycles. The summed E-state index contributed by atoms with van der Waals surface area (Å²) in [7, 11) is -3.74. The minimum absolute atomic E-state index is 0.0508. The monoisotopic (exact) mass is 485 g/mol. The highest BCUT2D eigenvalue weighted by molar-refractivity contribution is 7.89. The molecule has 1 N–H and O–H groups in total. The maximum absolute atomic E-state index is 13.3. The van der Waals surface area contributed by atoms with Gasteiger partial charge in [0.15, 0.2) is 0 Å². The Bertz CT molecular complexity index is 1100. The normalized spacial score (nSPS) is 21.7. The van der Waals surface area contributed by atoms with Crippen LogP contribution in [0.2, 0.25) is 10.0 Å². The number of halogens is 3. The van der Waals surface area contributed by atoms with Gasteiger partial charge in [0.05, 0.1) is 26.6 Å². The van der Waals surface area contributed by atoms with Crippen molar-refractivity contribution in [1.29, 1.82) is 0 Å². The fraction of sp³-hybridized carbons (Fsp3) is 0.381. The second kappa shape index (κ2) is 8.33. The molecule has 10 heteroatoms. The fourth-order valence-corrected chi connectivity index (χ4v) is 6.12. The lowest BCUT2D eigenvalue weighted by Crippen LogP contribution is -2.59. The molecule has 1 amide bonds. The Morgan fingerprint density at radius 2 is 1.74 bits per heavy atom. The van der Waals surface area contributed by atoms with E-state index in [1.54, 1.807) is 24.0 Å². The first kappa shape index (κ1) is 22.5. The predicted octanol–water partition coefficient (Wildman–Crippen LogP) is 3.63. The van der Waals surface area contributed by atoms with E-state index in [1.807, 2.05) is 0 Å². The van der Waals surface area contributed by atoms with Crippen molar-refractivity contribution in [1.82, 2.24) is 14.5 Å². The van der Waals surface area contributed by atoms with Gasteiger partial charge in [-0.25, -0.2) is 12.8 Å². The first-order chi connectivity index (χ1) is 14.6. The van der Waals surface area contributed by atoms with E-state index < -0.39 is 15.7 Å². The number of carbonyl (C=O) groups excluding carboxylic acids is 1. The Kier molecular flexibility index (Phi) is 6.04. The third-order valence-electron chi connectivity index (χ3n) is 5.97. The number of hydrogen-bond acceptors (Lipinski definition) is 4. The Morgan fingerprint density at radius 1 is 1.10 bits per heavy atom. The van der Waals surface area contributed by atoms with Crippen molar-refractivity contribution in [3.63, 3.8) is 0 Å². The van der Waals surface area contributed by atoms with E-state index in [2.05, 4.69) is 5.32 Å². The summed E-state index contributed by atoms with van der Waals surface area (Å²) in [5.41, 5.74) is 0.171. The van der Waals surface area contributed by atoms with Crippen LogP contribution in [0, 0.1) is 5.82 Å². The molecule has 31 heavy (non-hydrogen) atoms. The maximum Gasteiger partial charge on any atom is 0.243 e. The van der Waals surface area contributed by atoms with Crippen molar-refractivity contribution in [2.45, 2.75) is 42.9 Å². The minimum Gasteiger partial charge on any atom is -0.319 e. The van der Waals surface area contributed by atoms with Crippen molar-refractivity contribution in [3.8, 4) is 0 Å². The van der Waals surface area contributed by atoms with Crippen LogP contribution in [0.25, 0.3) is 0 Å². The van der Waals surface area contributed by atoms with Crippen molar-refractivity contribution in [2.75, 3.05) is 13.1 Å². The van der Waals surface area contributed by atoms with E-state index in [0.29, 0.717) is 19.4 Å². The fourth-order valence-electron chi connectivity index (χ4n) is 4.29. The molecule has 2 aromatic carbocycles. The van der Waals surface area contributed by atoms with Crippen LogP contribution in [-0.2, 0) is 21.4 Å². The molecule has 2 saturated heterocycles. The largest absolute Gasteiger partial charge is 0.319 e. The van der Waals surface area contributed by atoms with E-state index in [4.69, 9.17) is 23.2 Å². The standard InChI is InChI=1S/C21H22Cl2FN3O3S/c1-14-20(28)27(13-15-2-4-16(24)5-3-15)21(25-14)8-10-26(11-9-21)31(29,30)17-6-7-18(22)19(23)12-17/h2-7,12,14,25H,8-11,13H2,1H3/t14-/m0/s1. The molecule has 1 atom stereocenters. The lowest BCUT2D eigenvalue weighted by Gasteiger charge is -2.44. The summed E-state index contributed by atoms with van der Waals surface area (Å²) in [6, 6.07) is 9.92. The highest BCUT2D eigenvalue weighted by Gasteiger charge is 2.51. The third kappa shape index (κ3) is 4.19. The molecule has 0 saturated carbocycles. The molecule has 6 nitrogen and oxygen atoms in total. The quantitative estimate of drug-likeness (QED) is 0.717. The number of amides is 1. The number of sulfonamides is 1. The molecular formula is C21H22Cl2FN3O3S. The summed E-state index contributed by atoms with van der Waals surface area (Å²) >= 11 is 11.9. The molecule has 4 rings (SSSR count). The average Bonchev–Trinajstić information content (AvgIpc) is 2.96. The highest BCUT2D eigenvalue weighted by atomic mass is 35.5. The van der Waals surface area contributed by atoms with Crippen molar-refractivity contribution in [2.24, 2.45) is 0 Å². The molecule has 1 spiro atoms. The number of benzene rings is 2. The molecule has 0 radical (unpaired) electrons. The maximum atomic E-state index is 13.3. The van der Waals surface area contributed by atoms with E-state index in [1.165, 1.54) is 34.6 Å². The zero-order chi connectivity index (χ0) is 22.4. The van der Waals surface area contributed by atoms with Gasteiger partial charge in [-0.15, -0.1) is 0 Å². The van der Waals surface area contributed by atoms with Gasteiger partial charge in [-0.1, -0.05) is 35.3 Å². The average molecular weight is 486 g/mol. The van der Waals surface area contributed by atoms with Gasteiger partial charge in [-0.3, -0.25) is 10.1 Å². The van der Waals surface area contributed by atoms with Gasteiger partial charge in [-0.2, -0.15) is 4.31 Å². The summed E-state index contributed by atoms with van der Waals surface area (Å²) in [6.45, 7) is 2.62. The molecule has 0 aromatic heterocycles. The molecule has 0 bridgehead atoms. The number of rotatable bonds is 4. The van der Waals surface area contributed by atoms with E-state index in [-0.39, 0.29) is 45.8 Å². The van der Waals surface area contributed by atoms with E-state index in [9.17, 15) is 17.6 Å². The van der Waals surface area contributed by atoms with Crippen LogP contribution in [0.5, 0.6) is 0 Å². The zero-order valence-corrected chi connectivity index (χ0v) is 19.1. The Labute approximate surface area is 191 Å². The number of nitrogens with zero attached hydrogens (tertiary/aromatic N) is 2. The van der Waals surface area contributed by atoms with Crippen LogP contribution >= 0.6 is 23.2 Å². The SMILES string of the molecule is C[C@@H]1NC2(CCN(S(=O)(=O)c3ccc(Cl)c(Cl)c3)CC2)N(Cc2ccc(F)cc2)C1=O. The third-order valence-corrected chi connectivity index (χ3v) is 8.60.